The van der Waals surface area contributed by atoms with Gasteiger partial charge in [-0.3, -0.25) is 4.79 Å². The van der Waals surface area contributed by atoms with Crippen LogP contribution in [0.4, 0.5) is 0 Å². The van der Waals surface area contributed by atoms with Crippen molar-refractivity contribution >= 4 is 6.29 Å². The van der Waals surface area contributed by atoms with Crippen molar-refractivity contribution in [3.05, 3.63) is 34.9 Å². The Morgan fingerprint density at radius 2 is 1.81 bits per heavy atom. The van der Waals surface area contributed by atoms with Gasteiger partial charge in [0.2, 0.25) is 0 Å². The summed E-state index contributed by atoms with van der Waals surface area (Å²) in [7, 11) is 0. The summed E-state index contributed by atoms with van der Waals surface area (Å²) in [5, 5.41) is 0. The smallest absolute Gasteiger partial charge is 0.150 e. The minimum Gasteiger partial charge on any atom is -0.377 e. The normalized spacial score (nSPS) is 10.4. The summed E-state index contributed by atoms with van der Waals surface area (Å²) >= 11 is 0. The fraction of sp³-hybridized carbons (Fsp3) is 0.462. The first-order chi connectivity index (χ1) is 7.81. The van der Waals surface area contributed by atoms with Crippen LogP contribution in [-0.2, 0) is 22.7 Å². The number of rotatable bonds is 7. The molecule has 3 nitrogen and oxygen atoms in total. The van der Waals surface area contributed by atoms with Crippen molar-refractivity contribution in [2.24, 2.45) is 0 Å². The second kappa shape index (κ2) is 7.14. The zero-order chi connectivity index (χ0) is 11.8. The van der Waals surface area contributed by atoms with Gasteiger partial charge in [0.1, 0.15) is 6.29 Å². The Kier molecular flexibility index (Phi) is 5.75. The maximum absolute atomic E-state index is 10.8. The molecule has 0 atom stereocenters. The van der Waals surface area contributed by atoms with Crippen LogP contribution in [-0.4, -0.2) is 19.5 Å². The van der Waals surface area contributed by atoms with Crippen LogP contribution >= 0.6 is 0 Å². The van der Waals surface area contributed by atoms with Crippen LogP contribution in [0.3, 0.4) is 0 Å². The molecule has 1 aromatic rings. The molecular formula is C13H18O3. The van der Waals surface area contributed by atoms with Gasteiger partial charge in [-0.1, -0.05) is 18.2 Å². The van der Waals surface area contributed by atoms with E-state index in [-0.39, 0.29) is 0 Å². The molecule has 0 saturated heterocycles. The molecule has 0 amide bonds. The Balaban J connectivity index is 2.78. The predicted octanol–water partition coefficient (Wildman–Crippen LogP) is 2.57. The van der Waals surface area contributed by atoms with Gasteiger partial charge in [-0.2, -0.15) is 0 Å². The maximum Gasteiger partial charge on any atom is 0.150 e. The van der Waals surface area contributed by atoms with E-state index in [1.54, 1.807) is 0 Å². The largest absolute Gasteiger partial charge is 0.377 e. The third-order valence-corrected chi connectivity index (χ3v) is 2.27. The fourth-order valence-corrected chi connectivity index (χ4v) is 1.42. The summed E-state index contributed by atoms with van der Waals surface area (Å²) in [5.41, 5.74) is 2.69. The van der Waals surface area contributed by atoms with Crippen molar-refractivity contribution in [2.75, 3.05) is 13.2 Å². The molecule has 0 bridgehead atoms. The molecule has 0 spiro atoms. The monoisotopic (exact) mass is 222 g/mol. The van der Waals surface area contributed by atoms with Crippen LogP contribution in [0.2, 0.25) is 0 Å². The number of benzene rings is 1. The molecule has 3 heteroatoms. The van der Waals surface area contributed by atoms with Crippen molar-refractivity contribution in [2.45, 2.75) is 27.1 Å². The standard InChI is InChI=1S/C13H18O3/c1-3-15-9-11-5-6-12(8-14)13(7-11)10-16-4-2/h5-8H,3-4,9-10H2,1-2H3. The predicted molar refractivity (Wildman–Crippen MR) is 62.5 cm³/mol. The van der Waals surface area contributed by atoms with Gasteiger partial charge in [-0.25, -0.2) is 0 Å². The molecule has 0 aliphatic heterocycles. The zero-order valence-electron chi connectivity index (χ0n) is 9.86. The van der Waals surface area contributed by atoms with Crippen LogP contribution in [0.1, 0.15) is 35.3 Å². The summed E-state index contributed by atoms with van der Waals surface area (Å²) < 4.78 is 10.6. The van der Waals surface area contributed by atoms with E-state index in [1.807, 2.05) is 32.0 Å². The highest BCUT2D eigenvalue weighted by Gasteiger charge is 2.03. The molecule has 0 unspecified atom stereocenters. The van der Waals surface area contributed by atoms with Crippen molar-refractivity contribution < 1.29 is 14.3 Å². The van der Waals surface area contributed by atoms with Gasteiger partial charge in [-0.05, 0) is 25.0 Å². The number of hydrogen-bond donors (Lipinski definition) is 0. The first-order valence-corrected chi connectivity index (χ1v) is 5.54. The summed E-state index contributed by atoms with van der Waals surface area (Å²) in [6.07, 6.45) is 0.860. The van der Waals surface area contributed by atoms with Gasteiger partial charge in [0.15, 0.2) is 0 Å². The van der Waals surface area contributed by atoms with Gasteiger partial charge < -0.3 is 9.47 Å². The lowest BCUT2D eigenvalue weighted by Gasteiger charge is -2.08. The fourth-order valence-electron chi connectivity index (χ4n) is 1.42. The first-order valence-electron chi connectivity index (χ1n) is 5.54. The molecule has 16 heavy (non-hydrogen) atoms. The van der Waals surface area contributed by atoms with Crippen LogP contribution in [0, 0.1) is 0 Å². The molecule has 0 N–H and O–H groups in total. The van der Waals surface area contributed by atoms with E-state index in [2.05, 4.69) is 0 Å². The van der Waals surface area contributed by atoms with Crippen molar-refractivity contribution in [3.8, 4) is 0 Å². The molecule has 0 aliphatic carbocycles. The lowest BCUT2D eigenvalue weighted by atomic mass is 10.1. The third-order valence-electron chi connectivity index (χ3n) is 2.27. The Labute approximate surface area is 96.4 Å². The van der Waals surface area contributed by atoms with E-state index in [9.17, 15) is 4.79 Å². The van der Waals surface area contributed by atoms with Gasteiger partial charge >= 0.3 is 0 Å². The first kappa shape index (κ1) is 12.9. The molecule has 0 radical (unpaired) electrons. The Morgan fingerprint density at radius 1 is 1.12 bits per heavy atom. The van der Waals surface area contributed by atoms with Crippen molar-refractivity contribution in [1.82, 2.24) is 0 Å². The van der Waals surface area contributed by atoms with Crippen molar-refractivity contribution in [3.63, 3.8) is 0 Å². The van der Waals surface area contributed by atoms with Gasteiger partial charge in [-0.15, -0.1) is 0 Å². The molecule has 1 aromatic carbocycles. The number of carbonyl (C=O) groups is 1. The number of carbonyl (C=O) groups excluding carboxylic acids is 1. The molecule has 0 aromatic heterocycles. The van der Waals surface area contributed by atoms with Gasteiger partial charge in [0.25, 0.3) is 0 Å². The van der Waals surface area contributed by atoms with E-state index >= 15 is 0 Å². The Morgan fingerprint density at radius 3 is 2.44 bits per heavy atom. The second-order valence-electron chi connectivity index (χ2n) is 3.43. The molecule has 0 aliphatic rings. The lowest BCUT2D eigenvalue weighted by Crippen LogP contribution is -2.00. The van der Waals surface area contributed by atoms with E-state index in [4.69, 9.17) is 9.47 Å². The average Bonchev–Trinajstić information content (AvgIpc) is 2.33. The minimum absolute atomic E-state index is 0.477. The zero-order valence-corrected chi connectivity index (χ0v) is 9.86. The second-order valence-corrected chi connectivity index (χ2v) is 3.43. The lowest BCUT2D eigenvalue weighted by molar-refractivity contribution is 0.110. The van der Waals surface area contributed by atoms with E-state index < -0.39 is 0 Å². The maximum atomic E-state index is 10.8. The molecule has 0 heterocycles. The topological polar surface area (TPSA) is 35.5 Å². The highest BCUT2D eigenvalue weighted by molar-refractivity contribution is 5.77. The molecule has 88 valence electrons. The molecule has 1 rings (SSSR count). The number of aldehydes is 1. The highest BCUT2D eigenvalue weighted by Crippen LogP contribution is 2.12. The van der Waals surface area contributed by atoms with Gasteiger partial charge in [0, 0.05) is 18.8 Å². The molecular weight excluding hydrogens is 204 g/mol. The SMILES string of the molecule is CCOCc1ccc(C=O)c(COCC)c1. The number of ether oxygens (including phenoxy) is 2. The Bertz CT molecular complexity index is 334. The average molecular weight is 222 g/mol. The van der Waals surface area contributed by atoms with Crippen molar-refractivity contribution in [1.29, 1.82) is 0 Å². The van der Waals surface area contributed by atoms with E-state index in [0.717, 1.165) is 17.4 Å². The summed E-state index contributed by atoms with van der Waals surface area (Å²) in [6, 6.07) is 5.69. The molecule has 0 saturated carbocycles. The summed E-state index contributed by atoms with van der Waals surface area (Å²) in [4.78, 5) is 10.8. The molecule has 0 fully saturated rings. The third kappa shape index (κ3) is 3.76. The van der Waals surface area contributed by atoms with Gasteiger partial charge in [0.05, 0.1) is 13.2 Å². The van der Waals surface area contributed by atoms with Crippen LogP contribution in [0.25, 0.3) is 0 Å². The van der Waals surface area contributed by atoms with E-state index in [0.29, 0.717) is 32.0 Å². The van der Waals surface area contributed by atoms with Crippen LogP contribution in [0.5, 0.6) is 0 Å². The number of hydrogen-bond acceptors (Lipinski definition) is 3. The summed E-state index contributed by atoms with van der Waals surface area (Å²) in [5.74, 6) is 0. The van der Waals surface area contributed by atoms with E-state index in [1.165, 1.54) is 0 Å². The summed E-state index contributed by atoms with van der Waals surface area (Å²) in [6.45, 7) is 6.29. The minimum atomic E-state index is 0.477. The highest BCUT2D eigenvalue weighted by atomic mass is 16.5. The van der Waals surface area contributed by atoms with Crippen LogP contribution < -0.4 is 0 Å². The Hall–Kier alpha value is -1.19. The quantitative estimate of drug-likeness (QED) is 0.665. The van der Waals surface area contributed by atoms with Crippen LogP contribution in [0.15, 0.2) is 18.2 Å².